The van der Waals surface area contributed by atoms with Crippen LogP contribution in [-0.4, -0.2) is 52.2 Å². The van der Waals surface area contributed by atoms with Crippen molar-refractivity contribution in [2.24, 2.45) is 0 Å². The second kappa shape index (κ2) is 9.30. The molecule has 2 heterocycles. The van der Waals surface area contributed by atoms with Gasteiger partial charge in [-0.1, -0.05) is 11.6 Å². The average Bonchev–Trinajstić information content (AvgIpc) is 3.11. The van der Waals surface area contributed by atoms with E-state index in [0.29, 0.717) is 11.6 Å². The number of pyridine rings is 1. The fourth-order valence-corrected chi connectivity index (χ4v) is 4.90. The number of phenolic OH excluding ortho intramolecular Hbond substituents is 1. The maximum Gasteiger partial charge on any atom is 0.232 e. The summed E-state index contributed by atoms with van der Waals surface area (Å²) < 4.78 is 55.6. The molecule has 8 nitrogen and oxygen atoms in total. The molecule has 0 aliphatic carbocycles. The predicted molar refractivity (Wildman–Crippen MR) is 139 cm³/mol. The summed E-state index contributed by atoms with van der Waals surface area (Å²) in [6, 6.07) is 3.41. The first kappa shape index (κ1) is 26.9. The monoisotopic (exact) mass is 553 g/mol. The molecule has 0 bridgehead atoms. The van der Waals surface area contributed by atoms with Crippen molar-refractivity contribution in [3.05, 3.63) is 58.4 Å². The van der Waals surface area contributed by atoms with Gasteiger partial charge >= 0.3 is 0 Å². The number of hydrogen-bond acceptors (Lipinski definition) is 6. The lowest BCUT2D eigenvalue weighted by Gasteiger charge is -2.21. The van der Waals surface area contributed by atoms with E-state index in [1.165, 1.54) is 30.1 Å². The van der Waals surface area contributed by atoms with Crippen LogP contribution >= 0.6 is 11.6 Å². The second-order valence-corrected chi connectivity index (χ2v) is 12.1. The van der Waals surface area contributed by atoms with E-state index in [9.17, 15) is 32.5 Å². The Morgan fingerprint density at radius 3 is 2.43 bits per heavy atom. The third-order valence-electron chi connectivity index (χ3n) is 6.23. The summed E-state index contributed by atoms with van der Waals surface area (Å²) in [5, 5.41) is 32.3. The fraction of sp³-hybridized carbons (Fsp3) is 0.320. The van der Waals surface area contributed by atoms with Crippen molar-refractivity contribution < 1.29 is 32.5 Å². The Morgan fingerprint density at radius 2 is 1.81 bits per heavy atom. The number of rotatable bonds is 7. The van der Waals surface area contributed by atoms with E-state index in [0.717, 1.165) is 10.6 Å². The Balaban J connectivity index is 1.97. The normalized spacial score (nSPS) is 12.5. The van der Waals surface area contributed by atoms with Gasteiger partial charge in [0.2, 0.25) is 15.9 Å². The molecule has 3 N–H and O–H groups in total. The van der Waals surface area contributed by atoms with Crippen LogP contribution < -0.4 is 4.31 Å². The summed E-state index contributed by atoms with van der Waals surface area (Å²) in [7, 11) is -2.47. The summed E-state index contributed by atoms with van der Waals surface area (Å²) in [5.74, 6) is -2.37. The second-order valence-electron chi connectivity index (χ2n) is 9.70. The van der Waals surface area contributed by atoms with Gasteiger partial charge in [0.25, 0.3) is 0 Å². The number of anilines is 1. The van der Waals surface area contributed by atoms with Crippen molar-refractivity contribution in [1.82, 2.24) is 9.55 Å². The number of aromatic hydroxyl groups is 2. The van der Waals surface area contributed by atoms with Gasteiger partial charge in [0.15, 0.2) is 5.75 Å². The Morgan fingerprint density at radius 1 is 1.14 bits per heavy atom. The van der Waals surface area contributed by atoms with Crippen LogP contribution in [0, 0.1) is 11.6 Å². The molecule has 12 heteroatoms. The van der Waals surface area contributed by atoms with Crippen molar-refractivity contribution in [3.63, 3.8) is 0 Å². The van der Waals surface area contributed by atoms with Gasteiger partial charge in [0, 0.05) is 49.2 Å². The molecular formula is C25H26ClF2N3O5S. The van der Waals surface area contributed by atoms with Gasteiger partial charge in [0.1, 0.15) is 17.2 Å². The van der Waals surface area contributed by atoms with E-state index in [1.807, 2.05) is 0 Å². The first-order valence-electron chi connectivity index (χ1n) is 11.2. The molecule has 2 aromatic heterocycles. The van der Waals surface area contributed by atoms with Crippen molar-refractivity contribution in [2.45, 2.75) is 38.8 Å². The van der Waals surface area contributed by atoms with Gasteiger partial charge in [-0.15, -0.1) is 0 Å². The summed E-state index contributed by atoms with van der Waals surface area (Å²) in [4.78, 5) is 4.30. The topological polar surface area (TPSA) is 116 Å². The van der Waals surface area contributed by atoms with E-state index in [2.05, 4.69) is 4.98 Å². The van der Waals surface area contributed by atoms with Crippen molar-refractivity contribution >= 4 is 49.0 Å². The molecular weight excluding hydrogens is 528 g/mol. The van der Waals surface area contributed by atoms with E-state index in [4.69, 9.17) is 11.6 Å². The number of aromatic nitrogens is 2. The Kier molecular flexibility index (Phi) is 6.76. The Bertz CT molecular complexity index is 1650. The zero-order valence-electron chi connectivity index (χ0n) is 20.5. The van der Waals surface area contributed by atoms with Crippen molar-refractivity contribution in [2.75, 3.05) is 17.6 Å². The lowest BCUT2D eigenvalue weighted by molar-refractivity contribution is 0.0657. The van der Waals surface area contributed by atoms with Crippen molar-refractivity contribution in [3.8, 4) is 11.6 Å². The summed E-state index contributed by atoms with van der Waals surface area (Å²) in [6.45, 7) is 3.42. The molecule has 0 aliphatic heterocycles. The molecule has 0 unspecified atom stereocenters. The van der Waals surface area contributed by atoms with Crippen LogP contribution in [0.1, 0.15) is 31.4 Å². The lowest BCUT2D eigenvalue weighted by Crippen LogP contribution is -2.25. The fourth-order valence-electron chi connectivity index (χ4n) is 4.18. The van der Waals surface area contributed by atoms with E-state index in [-0.39, 0.29) is 69.0 Å². The van der Waals surface area contributed by atoms with E-state index >= 15 is 0 Å². The minimum atomic E-state index is -3.81. The summed E-state index contributed by atoms with van der Waals surface area (Å²) in [5.41, 5.74) is -0.311. The highest BCUT2D eigenvalue weighted by molar-refractivity contribution is 7.92. The third kappa shape index (κ3) is 5.16. The number of fused-ring (bicyclic) bond motifs is 2. The highest BCUT2D eigenvalue weighted by Gasteiger charge is 2.27. The Hall–Kier alpha value is -3.15. The van der Waals surface area contributed by atoms with E-state index in [1.54, 1.807) is 19.9 Å². The zero-order chi connectivity index (χ0) is 27.4. The molecule has 0 spiro atoms. The van der Waals surface area contributed by atoms with Crippen LogP contribution in [0.25, 0.3) is 21.7 Å². The standard InChI is InChI=1S/C25H26ClF2N3O5S/c1-25(2,34)5-6-31-12-16-20(24(31)33)23(32)21-15(22(16)30(3)37(4,35)36)8-13(11-29-21)7-14-9-17(26)19(28)10-18(14)27/h8-12,32-34H,5-7H2,1-4H3. The molecule has 0 saturated heterocycles. The number of nitrogens with zero attached hydrogens (tertiary/aromatic N) is 3. The number of aryl methyl sites for hydroxylation is 1. The predicted octanol–water partition coefficient (Wildman–Crippen LogP) is 4.68. The third-order valence-corrected chi connectivity index (χ3v) is 7.69. The Labute approximate surface area is 217 Å². The quantitative estimate of drug-likeness (QED) is 0.286. The van der Waals surface area contributed by atoms with Gasteiger partial charge in [-0.3, -0.25) is 9.29 Å². The zero-order valence-corrected chi connectivity index (χ0v) is 22.1. The first-order valence-corrected chi connectivity index (χ1v) is 13.5. The molecule has 0 saturated carbocycles. The average molecular weight is 554 g/mol. The first-order chi connectivity index (χ1) is 17.1. The number of benzene rings is 2. The largest absolute Gasteiger partial charge is 0.505 e. The molecule has 0 fully saturated rings. The molecule has 2 aromatic carbocycles. The van der Waals surface area contributed by atoms with Gasteiger partial charge in [0.05, 0.1) is 28.0 Å². The van der Waals surface area contributed by atoms with Gasteiger partial charge in [-0.05, 0) is 43.5 Å². The SMILES string of the molecule is CN(c1c2cc(Cc3cc(Cl)c(F)cc3F)cnc2c(O)c2c(O)n(CCC(C)(C)O)cc12)S(C)(=O)=O. The van der Waals surface area contributed by atoms with Gasteiger partial charge < -0.3 is 19.9 Å². The number of halogens is 3. The highest BCUT2D eigenvalue weighted by Crippen LogP contribution is 2.47. The van der Waals surface area contributed by atoms with Crippen LogP contribution in [-0.2, 0) is 23.0 Å². The van der Waals surface area contributed by atoms with Crippen LogP contribution in [0.2, 0.25) is 5.02 Å². The minimum Gasteiger partial charge on any atom is -0.505 e. The van der Waals surface area contributed by atoms with Gasteiger partial charge in [-0.25, -0.2) is 17.2 Å². The molecule has 0 aliphatic rings. The highest BCUT2D eigenvalue weighted by atomic mass is 35.5. The maximum absolute atomic E-state index is 14.4. The lowest BCUT2D eigenvalue weighted by atomic mass is 10.0. The number of hydrogen-bond donors (Lipinski definition) is 3. The van der Waals surface area contributed by atoms with E-state index < -0.39 is 27.3 Å². The molecule has 4 rings (SSSR count). The number of phenols is 1. The molecule has 198 valence electrons. The molecule has 0 radical (unpaired) electrons. The minimum absolute atomic E-state index is 0.00496. The van der Waals surface area contributed by atoms with Crippen LogP contribution in [0.4, 0.5) is 14.5 Å². The van der Waals surface area contributed by atoms with Crippen LogP contribution in [0.3, 0.4) is 0 Å². The molecule has 0 atom stereocenters. The van der Waals surface area contributed by atoms with Crippen LogP contribution in [0.15, 0.2) is 30.6 Å². The summed E-state index contributed by atoms with van der Waals surface area (Å²) >= 11 is 5.82. The molecule has 4 aromatic rings. The number of sulfonamides is 1. The number of aliphatic hydroxyl groups is 1. The summed E-state index contributed by atoms with van der Waals surface area (Å²) in [6.07, 6.45) is 4.12. The molecule has 0 amide bonds. The maximum atomic E-state index is 14.4. The smallest absolute Gasteiger partial charge is 0.232 e. The van der Waals surface area contributed by atoms with Crippen molar-refractivity contribution in [1.29, 1.82) is 0 Å². The van der Waals surface area contributed by atoms with Crippen LogP contribution in [0.5, 0.6) is 11.6 Å². The van der Waals surface area contributed by atoms with Gasteiger partial charge in [-0.2, -0.15) is 0 Å². The molecule has 37 heavy (non-hydrogen) atoms.